The van der Waals surface area contributed by atoms with E-state index in [-0.39, 0.29) is 16.7 Å². The molecule has 1 fully saturated rings. The van der Waals surface area contributed by atoms with Crippen LogP contribution in [0.3, 0.4) is 0 Å². The number of nitrogens with one attached hydrogen (secondary N) is 2. The van der Waals surface area contributed by atoms with Gasteiger partial charge in [-0.1, -0.05) is 11.6 Å². The summed E-state index contributed by atoms with van der Waals surface area (Å²) in [5.74, 6) is 0.933. The molecule has 0 spiro atoms. The van der Waals surface area contributed by atoms with Crippen LogP contribution in [0.15, 0.2) is 30.6 Å². The first-order chi connectivity index (χ1) is 16.7. The minimum atomic E-state index is -0.541. The molecule has 5 rings (SSSR count). The fraction of sp³-hybridized carbons (Fsp3) is 0.360. The molecule has 1 aliphatic rings. The Morgan fingerprint density at radius 3 is 2.57 bits per heavy atom. The topological polar surface area (TPSA) is 86.5 Å². The van der Waals surface area contributed by atoms with Gasteiger partial charge in [0.25, 0.3) is 0 Å². The average molecular weight is 500 g/mol. The fourth-order valence-electron chi connectivity index (χ4n) is 4.48. The number of H-pyrrole nitrogens is 2. The van der Waals surface area contributed by atoms with Crippen LogP contribution in [0.1, 0.15) is 20.8 Å². The van der Waals surface area contributed by atoms with Crippen molar-refractivity contribution < 1.29 is 18.7 Å². The third-order valence-electron chi connectivity index (χ3n) is 6.14. The van der Waals surface area contributed by atoms with E-state index in [1.807, 2.05) is 26.8 Å². The number of fused-ring (bicyclic) bond motifs is 2. The van der Waals surface area contributed by atoms with Crippen molar-refractivity contribution in [3.63, 3.8) is 0 Å². The van der Waals surface area contributed by atoms with Gasteiger partial charge in [0.1, 0.15) is 23.0 Å². The number of benzene rings is 2. The molecule has 0 atom stereocenters. The van der Waals surface area contributed by atoms with Crippen molar-refractivity contribution in [1.82, 2.24) is 20.1 Å². The van der Waals surface area contributed by atoms with E-state index in [1.54, 1.807) is 36.5 Å². The Morgan fingerprint density at radius 2 is 1.89 bits per heavy atom. The number of hydrogen-bond acceptors (Lipinski definition) is 5. The van der Waals surface area contributed by atoms with E-state index in [9.17, 15) is 4.79 Å². The SMILES string of the molecule is COc1cc(-c2c(Cl)cc3c(N4CCN(C(=O)OC(C)(C)C)CC4)[nH]cc3c2F)c2[nH]ncc2c1. The summed E-state index contributed by atoms with van der Waals surface area (Å²) in [4.78, 5) is 19.4. The Kier molecular flexibility index (Phi) is 5.75. The Hall–Kier alpha value is -3.46. The molecule has 1 aliphatic heterocycles. The van der Waals surface area contributed by atoms with Crippen molar-refractivity contribution in [2.75, 3.05) is 38.2 Å². The average Bonchev–Trinajstić information content (AvgIpc) is 3.45. The number of aromatic nitrogens is 3. The maximum atomic E-state index is 15.9. The highest BCUT2D eigenvalue weighted by Gasteiger charge is 2.28. The monoisotopic (exact) mass is 499 g/mol. The molecule has 1 amide bonds. The number of anilines is 1. The van der Waals surface area contributed by atoms with Crippen molar-refractivity contribution in [2.24, 2.45) is 0 Å². The first-order valence-electron chi connectivity index (χ1n) is 11.4. The normalized spacial score (nSPS) is 14.7. The van der Waals surface area contributed by atoms with E-state index in [0.717, 1.165) is 11.2 Å². The lowest BCUT2D eigenvalue weighted by atomic mass is 9.99. The number of hydrogen-bond donors (Lipinski definition) is 2. The van der Waals surface area contributed by atoms with Crippen LogP contribution in [-0.4, -0.2) is 65.1 Å². The van der Waals surface area contributed by atoms with Crippen molar-refractivity contribution in [3.8, 4) is 16.9 Å². The number of methoxy groups -OCH3 is 1. The van der Waals surface area contributed by atoms with Crippen LogP contribution in [0.25, 0.3) is 32.8 Å². The summed E-state index contributed by atoms with van der Waals surface area (Å²) in [5.41, 5.74) is 1.00. The van der Waals surface area contributed by atoms with Gasteiger partial charge >= 0.3 is 6.09 Å². The smallest absolute Gasteiger partial charge is 0.410 e. The first kappa shape index (κ1) is 23.3. The number of amides is 1. The van der Waals surface area contributed by atoms with E-state index in [2.05, 4.69) is 20.1 Å². The van der Waals surface area contributed by atoms with E-state index in [0.29, 0.717) is 53.8 Å². The zero-order valence-electron chi connectivity index (χ0n) is 20.0. The van der Waals surface area contributed by atoms with E-state index in [4.69, 9.17) is 21.1 Å². The predicted octanol–water partition coefficient (Wildman–Crippen LogP) is 5.57. The lowest BCUT2D eigenvalue weighted by molar-refractivity contribution is 0.0240. The van der Waals surface area contributed by atoms with Crippen LogP contribution in [0.2, 0.25) is 5.02 Å². The zero-order chi connectivity index (χ0) is 24.9. The molecule has 35 heavy (non-hydrogen) atoms. The summed E-state index contributed by atoms with van der Waals surface area (Å²) in [6.45, 7) is 7.72. The summed E-state index contributed by atoms with van der Waals surface area (Å²) in [6, 6.07) is 5.36. The highest BCUT2D eigenvalue weighted by Crippen LogP contribution is 2.42. The van der Waals surface area contributed by atoms with E-state index >= 15 is 4.39 Å². The maximum absolute atomic E-state index is 15.9. The predicted molar refractivity (Wildman–Crippen MR) is 135 cm³/mol. The minimum Gasteiger partial charge on any atom is -0.497 e. The third-order valence-corrected chi connectivity index (χ3v) is 6.44. The molecule has 1 saturated heterocycles. The maximum Gasteiger partial charge on any atom is 0.410 e. The second-order valence-electron chi connectivity index (χ2n) is 9.61. The summed E-state index contributed by atoms with van der Waals surface area (Å²) in [6.07, 6.45) is 3.00. The molecule has 0 radical (unpaired) electrons. The molecule has 184 valence electrons. The molecule has 2 aromatic carbocycles. The van der Waals surface area contributed by atoms with Crippen molar-refractivity contribution in [3.05, 3.63) is 41.4 Å². The molecule has 4 aromatic rings. The molecule has 2 aromatic heterocycles. The number of rotatable bonds is 3. The van der Waals surface area contributed by atoms with Crippen LogP contribution in [-0.2, 0) is 4.74 Å². The summed E-state index contributed by atoms with van der Waals surface area (Å²) in [7, 11) is 1.56. The van der Waals surface area contributed by atoms with Gasteiger partial charge in [-0.15, -0.1) is 0 Å². The van der Waals surface area contributed by atoms with Crippen LogP contribution in [0.5, 0.6) is 5.75 Å². The molecule has 0 unspecified atom stereocenters. The molecular weight excluding hydrogens is 473 g/mol. The van der Waals surface area contributed by atoms with Crippen molar-refractivity contribution in [2.45, 2.75) is 26.4 Å². The van der Waals surface area contributed by atoms with Gasteiger partial charge in [0, 0.05) is 59.7 Å². The largest absolute Gasteiger partial charge is 0.497 e. The second kappa shape index (κ2) is 8.64. The Morgan fingerprint density at radius 1 is 1.14 bits per heavy atom. The first-order valence-corrected chi connectivity index (χ1v) is 11.8. The van der Waals surface area contributed by atoms with E-state index < -0.39 is 11.4 Å². The Labute approximate surface area is 206 Å². The van der Waals surface area contributed by atoms with Gasteiger partial charge in [-0.25, -0.2) is 9.18 Å². The zero-order valence-corrected chi connectivity index (χ0v) is 20.8. The third kappa shape index (κ3) is 4.25. The van der Waals surface area contributed by atoms with Gasteiger partial charge in [-0.3, -0.25) is 5.10 Å². The molecule has 10 heteroatoms. The summed E-state index contributed by atoms with van der Waals surface area (Å²) < 4.78 is 26.8. The quantitative estimate of drug-likeness (QED) is 0.385. The highest BCUT2D eigenvalue weighted by molar-refractivity contribution is 6.35. The van der Waals surface area contributed by atoms with Gasteiger partial charge in [-0.05, 0) is 39.0 Å². The summed E-state index contributed by atoms with van der Waals surface area (Å²) in [5, 5.41) is 9.23. The number of nitrogens with zero attached hydrogens (tertiary/aromatic N) is 3. The van der Waals surface area contributed by atoms with Crippen LogP contribution >= 0.6 is 11.6 Å². The number of piperazine rings is 1. The van der Waals surface area contributed by atoms with Gasteiger partial charge in [0.05, 0.1) is 23.8 Å². The second-order valence-corrected chi connectivity index (χ2v) is 10.0. The highest BCUT2D eigenvalue weighted by atomic mass is 35.5. The van der Waals surface area contributed by atoms with E-state index in [1.165, 1.54) is 0 Å². The van der Waals surface area contributed by atoms with Crippen LogP contribution < -0.4 is 9.64 Å². The van der Waals surface area contributed by atoms with Gasteiger partial charge in [0.15, 0.2) is 0 Å². The Bertz CT molecular complexity index is 1420. The lowest BCUT2D eigenvalue weighted by Crippen LogP contribution is -2.50. The number of carbonyl (C=O) groups excluding carboxylic acids is 1. The number of carbonyl (C=O) groups is 1. The molecule has 2 N–H and O–H groups in total. The summed E-state index contributed by atoms with van der Waals surface area (Å²) >= 11 is 6.68. The number of halogens is 2. The molecule has 0 aliphatic carbocycles. The standard InChI is InChI=1S/C25H27ClFN5O3/c1-25(2,3)35-24(33)32-7-5-31(6-8-32)23-16-11-19(26)20(21(27)18(16)13-28-23)17-10-15(34-4)9-14-12-29-30-22(14)17/h9-13,28H,5-8H2,1-4H3,(H,29,30). The molecular formula is C25H27ClFN5O3. The molecule has 8 nitrogen and oxygen atoms in total. The Balaban J connectivity index is 1.47. The van der Waals surface area contributed by atoms with Crippen LogP contribution in [0, 0.1) is 5.82 Å². The molecule has 0 bridgehead atoms. The minimum absolute atomic E-state index is 0.285. The molecule has 3 heterocycles. The van der Waals surface area contributed by atoms with Gasteiger partial charge < -0.3 is 24.3 Å². The van der Waals surface area contributed by atoms with Gasteiger partial charge in [-0.2, -0.15) is 5.10 Å². The van der Waals surface area contributed by atoms with Crippen molar-refractivity contribution >= 4 is 45.2 Å². The van der Waals surface area contributed by atoms with Crippen LogP contribution in [0.4, 0.5) is 15.0 Å². The number of ether oxygens (including phenoxy) is 2. The molecule has 0 saturated carbocycles. The lowest BCUT2D eigenvalue weighted by Gasteiger charge is -2.36. The van der Waals surface area contributed by atoms with Crippen molar-refractivity contribution in [1.29, 1.82) is 0 Å². The number of aromatic amines is 2. The fourth-order valence-corrected chi connectivity index (χ4v) is 4.78. The van der Waals surface area contributed by atoms with Gasteiger partial charge in [0.2, 0.25) is 0 Å².